The van der Waals surface area contributed by atoms with E-state index in [-0.39, 0.29) is 23.2 Å². The summed E-state index contributed by atoms with van der Waals surface area (Å²) in [5.41, 5.74) is 0.724. The molecule has 1 fully saturated rings. The fourth-order valence-electron chi connectivity index (χ4n) is 3.14. The number of hydrogen-bond acceptors (Lipinski definition) is 7. The summed E-state index contributed by atoms with van der Waals surface area (Å²) in [4.78, 5) is 37.0. The highest BCUT2D eigenvalue weighted by Crippen LogP contribution is 2.21. The monoisotopic (exact) mass is 420 g/mol. The van der Waals surface area contributed by atoms with Crippen molar-refractivity contribution in [2.24, 2.45) is 0 Å². The van der Waals surface area contributed by atoms with Crippen LogP contribution in [0.15, 0.2) is 18.5 Å². The van der Waals surface area contributed by atoms with Crippen molar-refractivity contribution < 1.29 is 14.3 Å². The van der Waals surface area contributed by atoms with Crippen molar-refractivity contribution in [1.29, 1.82) is 0 Å². The molecule has 9 nitrogen and oxygen atoms in total. The number of halogens is 1. The van der Waals surface area contributed by atoms with E-state index in [1.54, 1.807) is 35.0 Å². The first-order chi connectivity index (χ1) is 14.0. The molecule has 2 aromatic heterocycles. The van der Waals surface area contributed by atoms with E-state index in [0.717, 1.165) is 12.8 Å². The number of aryl methyl sites for hydroxylation is 2. The van der Waals surface area contributed by atoms with E-state index < -0.39 is 5.97 Å². The van der Waals surface area contributed by atoms with Crippen LogP contribution in [-0.2, 0) is 16.1 Å². The number of ether oxygens (including phenoxy) is 1. The molecule has 0 aliphatic carbocycles. The first kappa shape index (κ1) is 21.0. The van der Waals surface area contributed by atoms with E-state index in [1.165, 1.54) is 0 Å². The average molecular weight is 421 g/mol. The van der Waals surface area contributed by atoms with Crippen LogP contribution in [0.2, 0.25) is 5.15 Å². The van der Waals surface area contributed by atoms with Crippen molar-refractivity contribution >= 4 is 29.4 Å². The van der Waals surface area contributed by atoms with Gasteiger partial charge in [-0.2, -0.15) is 5.10 Å². The van der Waals surface area contributed by atoms with E-state index in [0.29, 0.717) is 44.4 Å². The summed E-state index contributed by atoms with van der Waals surface area (Å²) < 4.78 is 6.83. The maximum Gasteiger partial charge on any atom is 0.343 e. The highest BCUT2D eigenvalue weighted by atomic mass is 35.5. The standard InChI is InChI=1S/C19H25ClN6O3/c1-3-4-8-26-17(20)16(14(2)23-26)18(28)29-13-15(27)24-9-11-25(12-10-24)19-21-6-5-7-22-19/h5-7H,3-4,8-13H2,1-2H3. The van der Waals surface area contributed by atoms with Gasteiger partial charge in [0.2, 0.25) is 5.95 Å². The van der Waals surface area contributed by atoms with E-state index >= 15 is 0 Å². The van der Waals surface area contributed by atoms with Crippen LogP contribution in [-0.4, -0.2) is 69.3 Å². The molecule has 29 heavy (non-hydrogen) atoms. The molecule has 0 bridgehead atoms. The minimum atomic E-state index is -0.625. The lowest BCUT2D eigenvalue weighted by molar-refractivity contribution is -0.134. The van der Waals surface area contributed by atoms with E-state index in [2.05, 4.69) is 22.0 Å². The Labute approximate surface area is 174 Å². The van der Waals surface area contributed by atoms with Crippen LogP contribution in [0.3, 0.4) is 0 Å². The highest BCUT2D eigenvalue weighted by molar-refractivity contribution is 6.32. The molecular formula is C19H25ClN6O3. The number of piperazine rings is 1. The summed E-state index contributed by atoms with van der Waals surface area (Å²) in [6.07, 6.45) is 5.29. The number of aromatic nitrogens is 4. The van der Waals surface area contributed by atoms with Gasteiger partial charge in [-0.3, -0.25) is 9.48 Å². The first-order valence-electron chi connectivity index (χ1n) is 9.71. The molecule has 0 aromatic carbocycles. The number of carbonyl (C=O) groups is 2. The van der Waals surface area contributed by atoms with Gasteiger partial charge in [-0.1, -0.05) is 24.9 Å². The highest BCUT2D eigenvalue weighted by Gasteiger charge is 2.25. The SMILES string of the molecule is CCCCn1nc(C)c(C(=O)OCC(=O)N2CCN(c3ncccn3)CC2)c1Cl. The Hall–Kier alpha value is -2.68. The molecule has 0 radical (unpaired) electrons. The number of anilines is 1. The van der Waals surface area contributed by atoms with Crippen LogP contribution in [0.5, 0.6) is 0 Å². The third kappa shape index (κ3) is 5.03. The van der Waals surface area contributed by atoms with Crippen LogP contribution in [0.4, 0.5) is 5.95 Å². The van der Waals surface area contributed by atoms with Gasteiger partial charge in [0.15, 0.2) is 6.61 Å². The van der Waals surface area contributed by atoms with Gasteiger partial charge < -0.3 is 14.5 Å². The quantitative estimate of drug-likeness (QED) is 0.632. The number of amides is 1. The number of rotatable bonds is 7. The number of esters is 1. The predicted molar refractivity (Wildman–Crippen MR) is 108 cm³/mol. The van der Waals surface area contributed by atoms with Crippen molar-refractivity contribution in [3.05, 3.63) is 34.9 Å². The molecule has 0 unspecified atom stereocenters. The van der Waals surface area contributed by atoms with Crippen LogP contribution in [0, 0.1) is 6.92 Å². The molecule has 0 spiro atoms. The molecule has 1 aliphatic heterocycles. The van der Waals surface area contributed by atoms with Crippen molar-refractivity contribution in [3.8, 4) is 0 Å². The molecular weight excluding hydrogens is 396 g/mol. The predicted octanol–water partition coefficient (Wildman–Crippen LogP) is 1.94. The summed E-state index contributed by atoms with van der Waals surface area (Å²) in [6.45, 7) is 6.37. The maximum absolute atomic E-state index is 12.4. The van der Waals surface area contributed by atoms with Crippen LogP contribution >= 0.6 is 11.6 Å². The lowest BCUT2D eigenvalue weighted by Crippen LogP contribution is -2.50. The molecule has 1 aliphatic rings. The number of hydrogen-bond donors (Lipinski definition) is 0. The maximum atomic E-state index is 12.4. The van der Waals surface area contributed by atoms with Gasteiger partial charge in [0.25, 0.3) is 5.91 Å². The molecule has 1 amide bonds. The summed E-state index contributed by atoms with van der Waals surface area (Å²) in [5.74, 6) is -0.213. The lowest BCUT2D eigenvalue weighted by atomic mass is 10.2. The molecule has 0 N–H and O–H groups in total. The Morgan fingerprint density at radius 1 is 1.17 bits per heavy atom. The second-order valence-electron chi connectivity index (χ2n) is 6.82. The van der Waals surface area contributed by atoms with Gasteiger partial charge >= 0.3 is 5.97 Å². The third-order valence-corrected chi connectivity index (χ3v) is 5.17. The first-order valence-corrected chi connectivity index (χ1v) is 10.1. The molecule has 3 rings (SSSR count). The van der Waals surface area contributed by atoms with Crippen LogP contribution < -0.4 is 4.90 Å². The molecule has 156 valence electrons. The molecule has 3 heterocycles. The van der Waals surface area contributed by atoms with Crippen LogP contribution in [0.1, 0.15) is 35.8 Å². The zero-order chi connectivity index (χ0) is 20.8. The lowest BCUT2D eigenvalue weighted by Gasteiger charge is -2.34. The number of unbranched alkanes of at least 4 members (excludes halogenated alkanes) is 1. The fourth-order valence-corrected chi connectivity index (χ4v) is 3.48. The zero-order valence-corrected chi connectivity index (χ0v) is 17.4. The molecule has 2 aromatic rings. The largest absolute Gasteiger partial charge is 0.452 e. The minimum Gasteiger partial charge on any atom is -0.452 e. The Kier molecular flexibility index (Phi) is 7.03. The smallest absolute Gasteiger partial charge is 0.343 e. The Morgan fingerprint density at radius 2 is 1.86 bits per heavy atom. The van der Waals surface area contributed by atoms with Crippen molar-refractivity contribution in [2.45, 2.75) is 33.2 Å². The second kappa shape index (κ2) is 9.69. The fraction of sp³-hybridized carbons (Fsp3) is 0.526. The summed E-state index contributed by atoms with van der Waals surface area (Å²) in [6, 6.07) is 1.76. The molecule has 10 heteroatoms. The summed E-state index contributed by atoms with van der Waals surface area (Å²) in [7, 11) is 0. The molecule has 0 atom stereocenters. The van der Waals surface area contributed by atoms with Crippen LogP contribution in [0.25, 0.3) is 0 Å². The minimum absolute atomic E-state index is 0.224. The summed E-state index contributed by atoms with van der Waals surface area (Å²) in [5, 5.41) is 4.55. The van der Waals surface area contributed by atoms with Gasteiger partial charge in [-0.15, -0.1) is 0 Å². The zero-order valence-electron chi connectivity index (χ0n) is 16.7. The van der Waals surface area contributed by atoms with Gasteiger partial charge in [0.05, 0.1) is 5.69 Å². The molecule has 1 saturated heterocycles. The normalized spacial score (nSPS) is 14.2. The Balaban J connectivity index is 1.51. The third-order valence-electron chi connectivity index (χ3n) is 4.79. The van der Waals surface area contributed by atoms with Gasteiger partial charge in [0.1, 0.15) is 10.7 Å². The second-order valence-corrected chi connectivity index (χ2v) is 7.18. The number of nitrogens with zero attached hydrogens (tertiary/aromatic N) is 6. The van der Waals surface area contributed by atoms with E-state index in [9.17, 15) is 9.59 Å². The molecule has 0 saturated carbocycles. The topological polar surface area (TPSA) is 93.5 Å². The Bertz CT molecular complexity index is 849. The van der Waals surface area contributed by atoms with Gasteiger partial charge in [0, 0.05) is 45.1 Å². The average Bonchev–Trinajstić information content (AvgIpc) is 3.04. The van der Waals surface area contributed by atoms with Crippen molar-refractivity contribution in [1.82, 2.24) is 24.6 Å². The van der Waals surface area contributed by atoms with E-state index in [4.69, 9.17) is 16.3 Å². The van der Waals surface area contributed by atoms with Gasteiger partial charge in [-0.25, -0.2) is 14.8 Å². The Morgan fingerprint density at radius 3 is 2.52 bits per heavy atom. The van der Waals surface area contributed by atoms with E-state index in [1.807, 2.05) is 4.90 Å². The van der Waals surface area contributed by atoms with Gasteiger partial charge in [-0.05, 0) is 19.4 Å². The summed E-state index contributed by atoms with van der Waals surface area (Å²) >= 11 is 6.29. The van der Waals surface area contributed by atoms with Crippen molar-refractivity contribution in [2.75, 3.05) is 37.7 Å². The van der Waals surface area contributed by atoms with Crippen molar-refractivity contribution in [3.63, 3.8) is 0 Å². The number of carbonyl (C=O) groups excluding carboxylic acids is 2.